The highest BCUT2D eigenvalue weighted by molar-refractivity contribution is 7.93. The van der Waals surface area contributed by atoms with Crippen LogP contribution >= 0.6 is 11.6 Å². The molecule has 0 atom stereocenters. The molecule has 0 aliphatic rings. The van der Waals surface area contributed by atoms with Gasteiger partial charge in [0.1, 0.15) is 11.0 Å². The Bertz CT molecular complexity index is 517. The lowest BCUT2D eigenvalue weighted by atomic mass is 10.2. The Hall–Kier alpha value is -1.34. The normalized spacial score (nSPS) is 11.1. The molecule has 88 valence electrons. The third kappa shape index (κ3) is 3.07. The first-order chi connectivity index (χ1) is 7.35. The molecule has 0 bridgehead atoms. The van der Waals surface area contributed by atoms with E-state index >= 15 is 0 Å². The van der Waals surface area contributed by atoms with Crippen LogP contribution in [0.1, 0.15) is 10.4 Å². The van der Waals surface area contributed by atoms with Gasteiger partial charge in [-0.05, 0) is 18.2 Å². The lowest BCUT2D eigenvalue weighted by Crippen LogP contribution is -2.14. The molecule has 0 saturated heterocycles. The number of aromatic carboxylic acids is 1. The van der Waals surface area contributed by atoms with Gasteiger partial charge in [0.25, 0.3) is 0 Å². The van der Waals surface area contributed by atoms with E-state index in [0.717, 1.165) is 18.2 Å². The molecule has 1 aromatic carbocycles. The maximum absolute atomic E-state index is 13.0. The van der Waals surface area contributed by atoms with Crippen LogP contribution in [0.25, 0.3) is 0 Å². The Morgan fingerprint density at radius 1 is 1.50 bits per heavy atom. The van der Waals surface area contributed by atoms with E-state index in [2.05, 4.69) is 0 Å². The molecular weight excluding hydrogens is 261 g/mol. The number of halogens is 2. The molecule has 16 heavy (non-hydrogen) atoms. The number of hydrogen-bond donors (Lipinski definition) is 2. The number of alkyl halides is 1. The summed E-state index contributed by atoms with van der Waals surface area (Å²) in [7, 11) is -3.73. The van der Waals surface area contributed by atoms with Crippen LogP contribution in [0, 0.1) is 5.82 Å². The van der Waals surface area contributed by atoms with Gasteiger partial charge < -0.3 is 5.11 Å². The first-order valence-corrected chi connectivity index (χ1v) is 6.13. The number of carboxylic acid groups (broad SMARTS) is 1. The maximum Gasteiger partial charge on any atom is 0.338 e. The van der Waals surface area contributed by atoms with Gasteiger partial charge in [0.15, 0.2) is 0 Å². The number of anilines is 1. The summed E-state index contributed by atoms with van der Waals surface area (Å²) in [6, 6.07) is 2.84. The van der Waals surface area contributed by atoms with E-state index in [4.69, 9.17) is 16.7 Å². The fourth-order valence-corrected chi connectivity index (χ4v) is 1.66. The number of nitrogens with one attached hydrogen (secondary N) is 1. The zero-order valence-electron chi connectivity index (χ0n) is 7.78. The van der Waals surface area contributed by atoms with Crippen molar-refractivity contribution in [3.05, 3.63) is 29.6 Å². The molecule has 8 heteroatoms. The fraction of sp³-hybridized carbons (Fsp3) is 0.125. The smallest absolute Gasteiger partial charge is 0.338 e. The van der Waals surface area contributed by atoms with Crippen molar-refractivity contribution in [3.8, 4) is 0 Å². The average molecular weight is 268 g/mol. The third-order valence-electron chi connectivity index (χ3n) is 1.61. The van der Waals surface area contributed by atoms with Crippen molar-refractivity contribution in [1.82, 2.24) is 0 Å². The van der Waals surface area contributed by atoms with Gasteiger partial charge in [-0.1, -0.05) is 0 Å². The van der Waals surface area contributed by atoms with Crippen molar-refractivity contribution in [2.24, 2.45) is 0 Å². The molecule has 5 nitrogen and oxygen atoms in total. The molecule has 0 amide bonds. The monoisotopic (exact) mass is 267 g/mol. The number of hydrogen-bond acceptors (Lipinski definition) is 3. The summed E-state index contributed by atoms with van der Waals surface area (Å²) in [6.07, 6.45) is 0. The molecule has 0 fully saturated rings. The molecule has 0 spiro atoms. The van der Waals surface area contributed by atoms with E-state index in [1.807, 2.05) is 4.72 Å². The average Bonchev–Trinajstić information content (AvgIpc) is 2.20. The largest absolute Gasteiger partial charge is 0.478 e. The van der Waals surface area contributed by atoms with Gasteiger partial charge in [-0.25, -0.2) is 17.6 Å². The predicted octanol–water partition coefficient (Wildman–Crippen LogP) is 1.46. The summed E-state index contributed by atoms with van der Waals surface area (Å²) < 4.78 is 37.1. The molecule has 0 aliphatic carbocycles. The van der Waals surface area contributed by atoms with Crippen LogP contribution in [-0.4, -0.2) is 24.7 Å². The number of carboxylic acids is 1. The summed E-state index contributed by atoms with van der Waals surface area (Å²) >= 11 is 5.14. The van der Waals surface area contributed by atoms with Crippen LogP contribution in [0.3, 0.4) is 0 Å². The van der Waals surface area contributed by atoms with Gasteiger partial charge in [0.05, 0.1) is 5.56 Å². The van der Waals surface area contributed by atoms with Gasteiger partial charge in [0.2, 0.25) is 10.0 Å². The van der Waals surface area contributed by atoms with E-state index in [9.17, 15) is 17.6 Å². The van der Waals surface area contributed by atoms with Gasteiger partial charge in [-0.3, -0.25) is 4.72 Å². The first-order valence-electron chi connectivity index (χ1n) is 3.95. The second-order valence-corrected chi connectivity index (χ2v) is 5.13. The quantitative estimate of drug-likeness (QED) is 0.809. The van der Waals surface area contributed by atoms with Gasteiger partial charge >= 0.3 is 5.97 Å². The number of sulfonamides is 1. The van der Waals surface area contributed by atoms with Crippen molar-refractivity contribution >= 4 is 33.3 Å². The fourth-order valence-electron chi connectivity index (χ4n) is 0.959. The number of benzene rings is 1. The standard InChI is InChI=1S/C8H7ClFNO4S/c9-4-16(14,15)11-5-1-2-7(10)6(3-5)8(12)13/h1-3,11H,4H2,(H,12,13). The van der Waals surface area contributed by atoms with Crippen LogP contribution in [0.5, 0.6) is 0 Å². The van der Waals surface area contributed by atoms with E-state index in [0.29, 0.717) is 0 Å². The van der Waals surface area contributed by atoms with Crippen LogP contribution < -0.4 is 4.72 Å². The van der Waals surface area contributed by atoms with Gasteiger partial charge in [0, 0.05) is 5.69 Å². The van der Waals surface area contributed by atoms with Crippen molar-refractivity contribution in [2.45, 2.75) is 0 Å². The highest BCUT2D eigenvalue weighted by Crippen LogP contribution is 2.16. The second kappa shape index (κ2) is 4.67. The minimum Gasteiger partial charge on any atom is -0.478 e. The van der Waals surface area contributed by atoms with Crippen LogP contribution in [-0.2, 0) is 10.0 Å². The van der Waals surface area contributed by atoms with E-state index in [-0.39, 0.29) is 5.69 Å². The minimum atomic E-state index is -3.73. The molecule has 0 radical (unpaired) electrons. The molecular formula is C8H7ClFNO4S. The summed E-state index contributed by atoms with van der Waals surface area (Å²) in [4.78, 5) is 10.6. The molecule has 0 saturated carbocycles. The molecule has 0 aromatic heterocycles. The highest BCUT2D eigenvalue weighted by atomic mass is 35.5. The molecule has 1 rings (SSSR count). The number of rotatable bonds is 4. The molecule has 2 N–H and O–H groups in total. The summed E-state index contributed by atoms with van der Waals surface area (Å²) in [5, 5.41) is 7.93. The zero-order chi connectivity index (χ0) is 12.3. The molecule has 1 aromatic rings. The summed E-state index contributed by atoms with van der Waals surface area (Å²) in [5.74, 6) is -2.43. The van der Waals surface area contributed by atoms with E-state index in [1.54, 1.807) is 0 Å². The van der Waals surface area contributed by atoms with E-state index < -0.39 is 32.6 Å². The summed E-state index contributed by atoms with van der Waals surface area (Å²) in [5.41, 5.74) is -0.672. The Kier molecular flexibility index (Phi) is 3.71. The minimum absolute atomic E-state index is 0.0561. The van der Waals surface area contributed by atoms with Crippen molar-refractivity contribution < 1.29 is 22.7 Å². The lowest BCUT2D eigenvalue weighted by Gasteiger charge is -2.06. The van der Waals surface area contributed by atoms with Crippen molar-refractivity contribution in [2.75, 3.05) is 9.93 Å². The van der Waals surface area contributed by atoms with Gasteiger partial charge in [-0.15, -0.1) is 11.6 Å². The Labute approximate surface area is 95.9 Å². The van der Waals surface area contributed by atoms with E-state index in [1.165, 1.54) is 0 Å². The van der Waals surface area contributed by atoms with Crippen molar-refractivity contribution in [1.29, 1.82) is 0 Å². The maximum atomic E-state index is 13.0. The third-order valence-corrected chi connectivity index (χ3v) is 3.31. The highest BCUT2D eigenvalue weighted by Gasteiger charge is 2.13. The Morgan fingerprint density at radius 2 is 2.12 bits per heavy atom. The Balaban J connectivity index is 3.09. The van der Waals surface area contributed by atoms with Gasteiger partial charge in [-0.2, -0.15) is 0 Å². The molecule has 0 aliphatic heterocycles. The second-order valence-electron chi connectivity index (χ2n) is 2.83. The summed E-state index contributed by atoms with van der Waals surface area (Å²) in [6.45, 7) is 0. The topological polar surface area (TPSA) is 83.5 Å². The van der Waals surface area contributed by atoms with Crippen LogP contribution in [0.4, 0.5) is 10.1 Å². The van der Waals surface area contributed by atoms with Crippen LogP contribution in [0.2, 0.25) is 0 Å². The number of carbonyl (C=O) groups is 1. The van der Waals surface area contributed by atoms with Crippen LogP contribution in [0.15, 0.2) is 18.2 Å². The zero-order valence-corrected chi connectivity index (χ0v) is 9.35. The first kappa shape index (κ1) is 12.7. The lowest BCUT2D eigenvalue weighted by molar-refractivity contribution is 0.0692. The Morgan fingerprint density at radius 3 is 2.62 bits per heavy atom. The molecule has 0 heterocycles. The molecule has 0 unspecified atom stereocenters. The predicted molar refractivity (Wildman–Crippen MR) is 56.6 cm³/mol. The van der Waals surface area contributed by atoms with Crippen molar-refractivity contribution in [3.63, 3.8) is 0 Å². The SMILES string of the molecule is O=C(O)c1cc(NS(=O)(=O)CCl)ccc1F.